The quantitative estimate of drug-likeness (QED) is 0.275. The Morgan fingerprint density at radius 3 is 2.89 bits per heavy atom. The molecule has 1 fully saturated rings. The van der Waals surface area contributed by atoms with E-state index in [1.807, 2.05) is 43.3 Å². The Bertz CT molecular complexity index is 1260. The lowest BCUT2D eigenvalue weighted by molar-refractivity contribution is 0.0904. The van der Waals surface area contributed by atoms with Gasteiger partial charge in [-0.25, -0.2) is 4.39 Å². The number of allylic oxidation sites excluding steroid dienone is 2. The highest BCUT2D eigenvalue weighted by molar-refractivity contribution is 6.04. The summed E-state index contributed by atoms with van der Waals surface area (Å²) in [5.74, 6) is -0.243. The van der Waals surface area contributed by atoms with Crippen LogP contribution in [-0.4, -0.2) is 52.4 Å². The van der Waals surface area contributed by atoms with Gasteiger partial charge in [0.2, 0.25) is 0 Å². The summed E-state index contributed by atoms with van der Waals surface area (Å²) in [5.41, 5.74) is 4.67. The molecule has 37 heavy (non-hydrogen) atoms. The first kappa shape index (κ1) is 26.7. The summed E-state index contributed by atoms with van der Waals surface area (Å²) >= 11 is 0. The van der Waals surface area contributed by atoms with Crippen LogP contribution < -0.4 is 5.32 Å². The molecule has 7 heteroatoms. The number of nitrogens with zero attached hydrogens (tertiary/aromatic N) is 2. The standard InChI is InChI=1S/C30H38FN5O/c1-3-5-9-22(18-24(32)4-2)29-26-19-23(13-14-28(26)34-35-29)30(37)33-25-11-8-16-36(20-25)17-15-21-10-6-7-12-27(21)31/h6-7,10,12-14,18-19,25,32H,3-5,8-9,11,15-17,20H2,1-2H3,(H,33,37)(H,34,35)/b22-18+,32-24?. The highest BCUT2D eigenvalue weighted by Gasteiger charge is 2.22. The molecule has 4 rings (SSSR count). The van der Waals surface area contributed by atoms with Crippen LogP contribution in [-0.2, 0) is 6.42 Å². The minimum atomic E-state index is -0.155. The van der Waals surface area contributed by atoms with Gasteiger partial charge in [0.25, 0.3) is 5.91 Å². The van der Waals surface area contributed by atoms with Crippen LogP contribution in [0.5, 0.6) is 0 Å². The van der Waals surface area contributed by atoms with E-state index in [-0.39, 0.29) is 17.8 Å². The topological polar surface area (TPSA) is 84.9 Å². The van der Waals surface area contributed by atoms with Crippen molar-refractivity contribution < 1.29 is 9.18 Å². The van der Waals surface area contributed by atoms with E-state index in [1.54, 1.807) is 6.07 Å². The molecule has 0 saturated carbocycles. The van der Waals surface area contributed by atoms with Gasteiger partial charge in [-0.2, -0.15) is 5.10 Å². The summed E-state index contributed by atoms with van der Waals surface area (Å²) in [6.07, 6.45) is 8.13. The minimum absolute atomic E-state index is 0.0615. The summed E-state index contributed by atoms with van der Waals surface area (Å²) in [7, 11) is 0. The molecule has 0 spiro atoms. The van der Waals surface area contributed by atoms with Crippen LogP contribution >= 0.6 is 0 Å². The van der Waals surface area contributed by atoms with Crippen molar-refractivity contribution in [3.63, 3.8) is 0 Å². The lowest BCUT2D eigenvalue weighted by atomic mass is 9.99. The Balaban J connectivity index is 1.44. The Labute approximate surface area is 218 Å². The van der Waals surface area contributed by atoms with Crippen molar-refractivity contribution in [3.8, 4) is 0 Å². The zero-order chi connectivity index (χ0) is 26.2. The molecule has 0 bridgehead atoms. The highest BCUT2D eigenvalue weighted by Crippen LogP contribution is 2.28. The second-order valence-electron chi connectivity index (χ2n) is 9.94. The van der Waals surface area contributed by atoms with Gasteiger partial charge in [-0.1, -0.05) is 38.5 Å². The molecule has 2 heterocycles. The van der Waals surface area contributed by atoms with Crippen molar-refractivity contribution in [2.45, 2.75) is 64.8 Å². The number of benzene rings is 2. The van der Waals surface area contributed by atoms with E-state index in [1.165, 1.54) is 6.07 Å². The van der Waals surface area contributed by atoms with Crippen LogP contribution in [0.25, 0.3) is 16.5 Å². The Morgan fingerprint density at radius 1 is 1.27 bits per heavy atom. The predicted octanol–water partition coefficient (Wildman–Crippen LogP) is 6.14. The van der Waals surface area contributed by atoms with E-state index in [2.05, 4.69) is 27.3 Å². The molecule has 3 aromatic rings. The van der Waals surface area contributed by atoms with Gasteiger partial charge in [-0.15, -0.1) is 0 Å². The third kappa shape index (κ3) is 6.92. The van der Waals surface area contributed by atoms with Crippen molar-refractivity contribution in [1.29, 1.82) is 5.41 Å². The van der Waals surface area contributed by atoms with Crippen molar-refractivity contribution in [2.24, 2.45) is 0 Å². The molecule has 1 atom stereocenters. The number of fused-ring (bicyclic) bond motifs is 1. The molecule has 1 saturated heterocycles. The fraction of sp³-hybridized carbons (Fsp3) is 0.433. The van der Waals surface area contributed by atoms with E-state index in [0.29, 0.717) is 24.1 Å². The number of nitrogens with one attached hydrogen (secondary N) is 3. The average molecular weight is 504 g/mol. The van der Waals surface area contributed by atoms with Crippen molar-refractivity contribution in [1.82, 2.24) is 20.4 Å². The van der Waals surface area contributed by atoms with E-state index in [4.69, 9.17) is 5.41 Å². The molecule has 1 aliphatic heterocycles. The van der Waals surface area contributed by atoms with Gasteiger partial charge in [0.15, 0.2) is 0 Å². The molecule has 2 aromatic carbocycles. The average Bonchev–Trinajstić information content (AvgIpc) is 3.34. The number of aromatic amines is 1. The second-order valence-corrected chi connectivity index (χ2v) is 9.94. The first-order valence-electron chi connectivity index (χ1n) is 13.5. The van der Waals surface area contributed by atoms with Crippen molar-refractivity contribution in [3.05, 3.63) is 71.2 Å². The van der Waals surface area contributed by atoms with E-state index < -0.39 is 0 Å². The maximum Gasteiger partial charge on any atom is 0.251 e. The van der Waals surface area contributed by atoms with Gasteiger partial charge < -0.3 is 15.6 Å². The summed E-state index contributed by atoms with van der Waals surface area (Å²) < 4.78 is 14.0. The smallest absolute Gasteiger partial charge is 0.251 e. The number of H-pyrrole nitrogens is 1. The first-order chi connectivity index (χ1) is 18.0. The number of aromatic nitrogens is 2. The maximum absolute atomic E-state index is 14.0. The molecule has 1 unspecified atom stereocenters. The first-order valence-corrected chi connectivity index (χ1v) is 13.5. The van der Waals surface area contributed by atoms with Gasteiger partial charge in [-0.05, 0) is 86.5 Å². The summed E-state index contributed by atoms with van der Waals surface area (Å²) in [5, 5.41) is 20.0. The lowest BCUT2D eigenvalue weighted by Crippen LogP contribution is -2.48. The van der Waals surface area contributed by atoms with Crippen LogP contribution in [0.2, 0.25) is 0 Å². The van der Waals surface area contributed by atoms with Crippen LogP contribution in [0.4, 0.5) is 4.39 Å². The molecule has 1 aliphatic rings. The molecular formula is C30H38FN5O. The number of rotatable bonds is 11. The van der Waals surface area contributed by atoms with Crippen LogP contribution in [0, 0.1) is 11.2 Å². The number of halogens is 1. The fourth-order valence-corrected chi connectivity index (χ4v) is 4.96. The van der Waals surface area contributed by atoms with E-state index in [9.17, 15) is 9.18 Å². The maximum atomic E-state index is 14.0. The van der Waals surface area contributed by atoms with Gasteiger partial charge in [0, 0.05) is 35.8 Å². The normalized spacial score (nSPS) is 16.7. The largest absolute Gasteiger partial charge is 0.348 e. The number of piperidine rings is 1. The van der Waals surface area contributed by atoms with Gasteiger partial charge in [0.05, 0.1) is 11.2 Å². The lowest BCUT2D eigenvalue weighted by Gasteiger charge is -2.33. The number of carbonyl (C=O) groups is 1. The number of hydrogen-bond acceptors (Lipinski definition) is 4. The van der Waals surface area contributed by atoms with Gasteiger partial charge in [0.1, 0.15) is 5.82 Å². The van der Waals surface area contributed by atoms with Crippen molar-refractivity contribution >= 4 is 28.1 Å². The second kappa shape index (κ2) is 12.8. The fourth-order valence-electron chi connectivity index (χ4n) is 4.96. The van der Waals surface area contributed by atoms with Crippen molar-refractivity contribution in [2.75, 3.05) is 19.6 Å². The van der Waals surface area contributed by atoms with Crippen LogP contribution in [0.15, 0.2) is 48.5 Å². The Kier molecular flexibility index (Phi) is 9.23. The Morgan fingerprint density at radius 2 is 2.11 bits per heavy atom. The molecule has 6 nitrogen and oxygen atoms in total. The summed E-state index contributed by atoms with van der Waals surface area (Å²) in [4.78, 5) is 15.5. The predicted molar refractivity (Wildman–Crippen MR) is 149 cm³/mol. The van der Waals surface area contributed by atoms with E-state index in [0.717, 1.165) is 79.5 Å². The van der Waals surface area contributed by atoms with Gasteiger partial charge in [-0.3, -0.25) is 9.89 Å². The summed E-state index contributed by atoms with van der Waals surface area (Å²) in [6, 6.07) is 12.7. The number of likely N-dealkylation sites (tertiary alicyclic amines) is 1. The molecule has 1 aromatic heterocycles. The molecular weight excluding hydrogens is 465 g/mol. The Hall–Kier alpha value is -3.32. The molecule has 0 aliphatic carbocycles. The van der Waals surface area contributed by atoms with Crippen LogP contribution in [0.1, 0.15) is 74.0 Å². The number of unbranched alkanes of at least 4 members (excludes halogenated alkanes) is 1. The number of carbonyl (C=O) groups excluding carboxylic acids is 1. The van der Waals surface area contributed by atoms with E-state index >= 15 is 0 Å². The monoisotopic (exact) mass is 503 g/mol. The number of amides is 1. The SMILES string of the molecule is CCCC/C(=C\C(=N)CC)c1n[nH]c2ccc(C(=O)NC3CCCN(CCc4ccccc4F)C3)cc12. The molecule has 0 radical (unpaired) electrons. The van der Waals surface area contributed by atoms with Crippen LogP contribution in [0.3, 0.4) is 0 Å². The van der Waals surface area contributed by atoms with Gasteiger partial charge >= 0.3 is 0 Å². The molecule has 1 amide bonds. The summed E-state index contributed by atoms with van der Waals surface area (Å²) in [6.45, 7) is 6.64. The number of hydrogen-bond donors (Lipinski definition) is 3. The third-order valence-corrected chi connectivity index (χ3v) is 7.15. The molecule has 3 N–H and O–H groups in total. The zero-order valence-corrected chi connectivity index (χ0v) is 21.9. The third-order valence-electron chi connectivity index (χ3n) is 7.15. The highest BCUT2D eigenvalue weighted by atomic mass is 19.1. The molecule has 196 valence electrons. The zero-order valence-electron chi connectivity index (χ0n) is 21.9. The minimum Gasteiger partial charge on any atom is -0.348 e.